The molecule has 132 valence electrons. The maximum absolute atomic E-state index is 13.3. The Morgan fingerprint density at radius 1 is 1.24 bits per heavy atom. The van der Waals surface area contributed by atoms with E-state index in [4.69, 9.17) is 4.74 Å². The second-order valence-electron chi connectivity index (χ2n) is 5.60. The zero-order chi connectivity index (χ0) is 18.6. The van der Waals surface area contributed by atoms with E-state index in [9.17, 15) is 19.1 Å². The number of nitrogens with zero attached hydrogens (tertiary/aromatic N) is 1. The zero-order valence-electron chi connectivity index (χ0n) is 13.7. The Morgan fingerprint density at radius 2 is 1.88 bits per heavy atom. The van der Waals surface area contributed by atoms with E-state index in [0.29, 0.717) is 0 Å². The fraction of sp³-hybridized carbons (Fsp3) is 0.222. The van der Waals surface area contributed by atoms with Gasteiger partial charge >= 0.3 is 12.1 Å². The van der Waals surface area contributed by atoms with Gasteiger partial charge < -0.3 is 9.84 Å². The van der Waals surface area contributed by atoms with Crippen molar-refractivity contribution < 1.29 is 23.8 Å². The maximum atomic E-state index is 13.3. The van der Waals surface area contributed by atoms with Crippen LogP contribution >= 0.6 is 15.9 Å². The monoisotopic (exact) mass is 409 g/mol. The third-order valence-electron chi connectivity index (χ3n) is 4.02. The zero-order valence-corrected chi connectivity index (χ0v) is 15.3. The summed E-state index contributed by atoms with van der Waals surface area (Å²) in [5.41, 5.74) is -0.717. The summed E-state index contributed by atoms with van der Waals surface area (Å²) >= 11 is 3.16. The number of halogens is 2. The third-order valence-corrected chi connectivity index (χ3v) is 4.68. The molecule has 1 amide bonds. The van der Waals surface area contributed by atoms with Gasteiger partial charge in [0.2, 0.25) is 0 Å². The second-order valence-corrected chi connectivity index (χ2v) is 6.46. The molecular weight excluding hydrogens is 393 g/mol. The van der Waals surface area contributed by atoms with Gasteiger partial charge in [-0.15, -0.1) is 0 Å². The molecule has 0 bridgehead atoms. The number of benzene rings is 2. The lowest BCUT2D eigenvalue weighted by atomic mass is 9.90. The van der Waals surface area contributed by atoms with Crippen LogP contribution in [0.1, 0.15) is 18.1 Å². The number of aliphatic carboxylic acids is 1. The molecule has 25 heavy (non-hydrogen) atoms. The van der Waals surface area contributed by atoms with Crippen molar-refractivity contribution in [1.82, 2.24) is 4.90 Å². The fourth-order valence-corrected chi connectivity index (χ4v) is 3.06. The minimum atomic E-state index is -1.74. The Labute approximate surface area is 153 Å². The molecule has 1 atom stereocenters. The Balaban J connectivity index is 2.26. The molecule has 5 nitrogen and oxygen atoms in total. The molecule has 2 rings (SSSR count). The fourth-order valence-electron chi connectivity index (χ4n) is 2.32. The minimum Gasteiger partial charge on any atom is -0.479 e. The molecule has 0 aliphatic carbocycles. The molecule has 1 unspecified atom stereocenters. The molecule has 0 saturated carbocycles. The van der Waals surface area contributed by atoms with Crippen molar-refractivity contribution in [1.29, 1.82) is 0 Å². The van der Waals surface area contributed by atoms with Gasteiger partial charge in [0.25, 0.3) is 0 Å². The number of hydrogen-bond acceptors (Lipinski definition) is 3. The summed E-state index contributed by atoms with van der Waals surface area (Å²) < 4.78 is 18.8. The smallest absolute Gasteiger partial charge is 0.411 e. The van der Waals surface area contributed by atoms with E-state index in [0.717, 1.165) is 22.6 Å². The lowest BCUT2D eigenvalue weighted by Gasteiger charge is -2.35. The van der Waals surface area contributed by atoms with Gasteiger partial charge in [0.15, 0.2) is 5.54 Å². The van der Waals surface area contributed by atoms with Crippen molar-refractivity contribution in [2.75, 3.05) is 7.05 Å². The van der Waals surface area contributed by atoms with Gasteiger partial charge in [0.1, 0.15) is 12.4 Å². The molecule has 7 heteroatoms. The van der Waals surface area contributed by atoms with Crippen molar-refractivity contribution in [3.8, 4) is 0 Å². The minimum absolute atomic E-state index is 0.0182. The lowest BCUT2D eigenvalue weighted by Crippen LogP contribution is -2.51. The Hall–Kier alpha value is -2.41. The van der Waals surface area contributed by atoms with Crippen LogP contribution in [0.4, 0.5) is 9.18 Å². The number of hydrogen-bond donors (Lipinski definition) is 1. The van der Waals surface area contributed by atoms with Gasteiger partial charge in [-0.1, -0.05) is 52.3 Å². The summed E-state index contributed by atoms with van der Waals surface area (Å²) in [4.78, 5) is 25.3. The predicted molar refractivity (Wildman–Crippen MR) is 93.5 cm³/mol. The largest absolute Gasteiger partial charge is 0.479 e. The summed E-state index contributed by atoms with van der Waals surface area (Å²) in [6.45, 7) is 1.38. The van der Waals surface area contributed by atoms with Gasteiger partial charge in [0, 0.05) is 17.1 Å². The highest BCUT2D eigenvalue weighted by molar-refractivity contribution is 9.10. The van der Waals surface area contributed by atoms with Gasteiger partial charge in [-0.2, -0.15) is 0 Å². The van der Waals surface area contributed by atoms with E-state index >= 15 is 0 Å². The number of carbonyl (C=O) groups is 2. The van der Waals surface area contributed by atoms with Gasteiger partial charge in [-0.05, 0) is 24.6 Å². The molecule has 0 fully saturated rings. The second kappa shape index (κ2) is 7.65. The van der Waals surface area contributed by atoms with Crippen molar-refractivity contribution in [2.45, 2.75) is 19.1 Å². The quantitative estimate of drug-likeness (QED) is 0.804. The molecule has 0 saturated heterocycles. The van der Waals surface area contributed by atoms with E-state index in [-0.39, 0.29) is 16.6 Å². The van der Waals surface area contributed by atoms with Crippen LogP contribution in [0.15, 0.2) is 53.0 Å². The van der Waals surface area contributed by atoms with E-state index in [1.165, 1.54) is 20.0 Å². The van der Waals surface area contributed by atoms with Crippen LogP contribution < -0.4 is 0 Å². The van der Waals surface area contributed by atoms with Crippen molar-refractivity contribution in [3.63, 3.8) is 0 Å². The molecule has 0 heterocycles. The van der Waals surface area contributed by atoms with Crippen molar-refractivity contribution in [2.24, 2.45) is 0 Å². The van der Waals surface area contributed by atoms with E-state index < -0.39 is 23.4 Å². The standard InChI is InChI=1S/C18H17BrFNO4/c1-18(16(22)23,14-9-8-13(20)10-15(14)19)21(2)17(24)25-11-12-6-4-3-5-7-12/h3-10H,11H2,1-2H3,(H,22,23). The first-order chi connectivity index (χ1) is 11.8. The van der Waals surface area contributed by atoms with Gasteiger partial charge in [0.05, 0.1) is 0 Å². The van der Waals surface area contributed by atoms with Crippen molar-refractivity contribution in [3.05, 3.63) is 69.9 Å². The third kappa shape index (κ3) is 3.99. The number of carboxylic acid groups (broad SMARTS) is 1. The lowest BCUT2D eigenvalue weighted by molar-refractivity contribution is -0.149. The highest BCUT2D eigenvalue weighted by atomic mass is 79.9. The number of carbonyl (C=O) groups excluding carboxylic acids is 1. The highest BCUT2D eigenvalue weighted by Crippen LogP contribution is 2.34. The molecule has 0 aliphatic heterocycles. The first kappa shape index (κ1) is 18.9. The normalized spacial score (nSPS) is 13.0. The average Bonchev–Trinajstić information content (AvgIpc) is 2.59. The summed E-state index contributed by atoms with van der Waals surface area (Å²) in [6.07, 6.45) is -0.801. The van der Waals surface area contributed by atoms with E-state index in [1.807, 2.05) is 18.2 Å². The molecule has 0 aromatic heterocycles. The first-order valence-corrected chi connectivity index (χ1v) is 8.19. The highest BCUT2D eigenvalue weighted by Gasteiger charge is 2.44. The predicted octanol–water partition coefficient (Wildman–Crippen LogP) is 4.16. The Morgan fingerprint density at radius 3 is 2.44 bits per heavy atom. The van der Waals surface area contributed by atoms with Crippen LogP contribution in [0, 0.1) is 5.82 Å². The number of amides is 1. The topological polar surface area (TPSA) is 66.8 Å². The summed E-state index contributed by atoms with van der Waals surface area (Å²) in [5, 5.41) is 9.72. The van der Waals surface area contributed by atoms with Crippen LogP contribution in [0.5, 0.6) is 0 Å². The molecular formula is C18H17BrFNO4. The van der Waals surface area contributed by atoms with Crippen molar-refractivity contribution >= 4 is 28.0 Å². The Kier molecular flexibility index (Phi) is 5.79. The summed E-state index contributed by atoms with van der Waals surface area (Å²) in [6, 6.07) is 12.7. The van der Waals surface area contributed by atoms with Crippen LogP contribution in [0.3, 0.4) is 0 Å². The summed E-state index contributed by atoms with van der Waals surface area (Å²) in [5.74, 6) is -1.78. The maximum Gasteiger partial charge on any atom is 0.411 e. The average molecular weight is 410 g/mol. The molecule has 0 aliphatic rings. The first-order valence-electron chi connectivity index (χ1n) is 7.40. The SMILES string of the molecule is CN(C(=O)OCc1ccccc1)C(C)(C(=O)O)c1ccc(F)cc1Br. The molecule has 0 spiro atoms. The van der Waals surface area contributed by atoms with Crippen LogP contribution in [0.2, 0.25) is 0 Å². The Bertz CT molecular complexity index is 784. The molecule has 2 aromatic rings. The summed E-state index contributed by atoms with van der Waals surface area (Å²) in [7, 11) is 1.33. The van der Waals surface area contributed by atoms with Crippen LogP contribution in [-0.2, 0) is 21.7 Å². The molecule has 1 N–H and O–H groups in total. The number of rotatable bonds is 5. The number of ether oxygens (including phenoxy) is 1. The van der Waals surface area contributed by atoms with Crippen LogP contribution in [-0.4, -0.2) is 29.1 Å². The molecule has 2 aromatic carbocycles. The molecule has 0 radical (unpaired) electrons. The number of carboxylic acids is 1. The number of likely N-dealkylation sites (N-methyl/N-ethyl adjacent to an activating group) is 1. The van der Waals surface area contributed by atoms with Gasteiger partial charge in [-0.3, -0.25) is 4.90 Å². The van der Waals surface area contributed by atoms with Gasteiger partial charge in [-0.25, -0.2) is 14.0 Å². The van der Waals surface area contributed by atoms with Crippen LogP contribution in [0.25, 0.3) is 0 Å². The van der Waals surface area contributed by atoms with E-state index in [1.54, 1.807) is 12.1 Å². The van der Waals surface area contributed by atoms with E-state index in [2.05, 4.69) is 15.9 Å².